The fourth-order valence-corrected chi connectivity index (χ4v) is 2.43. The number of halogens is 1. The summed E-state index contributed by atoms with van der Waals surface area (Å²) in [7, 11) is 1.49. The lowest BCUT2D eigenvalue weighted by Gasteiger charge is -2.20. The second-order valence-corrected chi connectivity index (χ2v) is 5.19. The molecule has 126 valence electrons. The molecule has 9 heteroatoms. The van der Waals surface area contributed by atoms with E-state index in [-0.39, 0.29) is 31.4 Å². The summed E-state index contributed by atoms with van der Waals surface area (Å²) in [5.74, 6) is -0.826. The zero-order valence-electron chi connectivity index (χ0n) is 12.7. The number of hydrogen-bond acceptors (Lipinski definition) is 6. The maximum atomic E-state index is 13.6. The van der Waals surface area contributed by atoms with Gasteiger partial charge in [0.05, 0.1) is 17.7 Å². The van der Waals surface area contributed by atoms with Crippen molar-refractivity contribution in [2.45, 2.75) is 13.2 Å². The molecule has 0 bridgehead atoms. The molecule has 0 spiro atoms. The van der Waals surface area contributed by atoms with Crippen LogP contribution in [0, 0.1) is 15.9 Å². The molecule has 8 nitrogen and oxygen atoms in total. The lowest BCUT2D eigenvalue weighted by molar-refractivity contribution is -0.384. The minimum Gasteiger partial charge on any atom is -0.467 e. The summed E-state index contributed by atoms with van der Waals surface area (Å²) in [5.41, 5.74) is 0.705. The van der Waals surface area contributed by atoms with Crippen LogP contribution in [0.2, 0.25) is 0 Å². The van der Waals surface area contributed by atoms with E-state index in [0.29, 0.717) is 16.9 Å². The molecule has 1 aromatic carbocycles. The first-order valence-electron chi connectivity index (χ1n) is 6.95. The zero-order valence-corrected chi connectivity index (χ0v) is 12.7. The Morgan fingerprint density at radius 2 is 2.25 bits per heavy atom. The summed E-state index contributed by atoms with van der Waals surface area (Å²) in [6.07, 6.45) is 1.21. The molecule has 0 radical (unpaired) electrons. The number of fused-ring (bicyclic) bond motifs is 1. The van der Waals surface area contributed by atoms with Crippen LogP contribution in [0.4, 0.5) is 10.1 Å². The number of nitro groups is 1. The van der Waals surface area contributed by atoms with Crippen LogP contribution in [0.1, 0.15) is 21.6 Å². The van der Waals surface area contributed by atoms with Crippen LogP contribution < -0.4 is 4.74 Å². The molecule has 3 rings (SSSR count). The summed E-state index contributed by atoms with van der Waals surface area (Å²) >= 11 is 0. The molecule has 0 atom stereocenters. The number of esters is 1. The van der Waals surface area contributed by atoms with Crippen LogP contribution in [0.3, 0.4) is 0 Å². The van der Waals surface area contributed by atoms with E-state index < -0.39 is 16.7 Å². The van der Waals surface area contributed by atoms with Crippen molar-refractivity contribution in [3.8, 4) is 5.75 Å². The topological polar surface area (TPSA) is 92.8 Å². The number of hydrogen-bond donors (Lipinski definition) is 0. The van der Waals surface area contributed by atoms with Crippen LogP contribution in [0.15, 0.2) is 24.4 Å². The molecule has 1 aromatic heterocycles. The molecule has 0 fully saturated rings. The molecule has 0 unspecified atom stereocenters. The fraction of sp³-hybridized carbons (Fsp3) is 0.267. The Morgan fingerprint density at radius 3 is 2.96 bits per heavy atom. The maximum absolute atomic E-state index is 13.6. The predicted octanol–water partition coefficient (Wildman–Crippen LogP) is 2.30. The first-order valence-corrected chi connectivity index (χ1v) is 6.95. The molecule has 2 aromatic rings. The van der Waals surface area contributed by atoms with E-state index in [2.05, 4.69) is 0 Å². The standard InChI is InChI=1S/C15H13FN2O6/c1-17-5-12(18(20)21)4-13(17)15(19)23-7-10-3-11(16)2-9-6-22-8-24-14(9)10/h2-5H,6-8H2,1H3. The summed E-state index contributed by atoms with van der Waals surface area (Å²) < 4.78 is 30.5. The van der Waals surface area contributed by atoms with Gasteiger partial charge >= 0.3 is 5.97 Å². The van der Waals surface area contributed by atoms with Gasteiger partial charge in [0.15, 0.2) is 6.79 Å². The van der Waals surface area contributed by atoms with E-state index in [9.17, 15) is 19.3 Å². The Hall–Kier alpha value is -2.94. The van der Waals surface area contributed by atoms with E-state index in [1.54, 1.807) is 0 Å². The van der Waals surface area contributed by atoms with Gasteiger partial charge in [-0.15, -0.1) is 0 Å². The third-order valence-corrected chi connectivity index (χ3v) is 3.52. The first-order chi connectivity index (χ1) is 11.5. The van der Waals surface area contributed by atoms with E-state index in [0.717, 1.165) is 6.07 Å². The van der Waals surface area contributed by atoms with Gasteiger partial charge in [0, 0.05) is 24.2 Å². The molecule has 1 aliphatic rings. The molecule has 0 N–H and O–H groups in total. The second kappa shape index (κ2) is 6.28. The predicted molar refractivity (Wildman–Crippen MR) is 77.9 cm³/mol. The van der Waals surface area contributed by atoms with Crippen molar-refractivity contribution in [3.63, 3.8) is 0 Å². The van der Waals surface area contributed by atoms with Gasteiger partial charge in [-0.05, 0) is 12.1 Å². The van der Waals surface area contributed by atoms with Crippen LogP contribution >= 0.6 is 0 Å². The van der Waals surface area contributed by atoms with Crippen molar-refractivity contribution in [2.24, 2.45) is 7.05 Å². The van der Waals surface area contributed by atoms with Crippen molar-refractivity contribution >= 4 is 11.7 Å². The molecule has 1 aliphatic heterocycles. The van der Waals surface area contributed by atoms with E-state index >= 15 is 0 Å². The number of aryl methyl sites for hydroxylation is 1. The van der Waals surface area contributed by atoms with Crippen molar-refractivity contribution in [3.05, 3.63) is 57.1 Å². The third-order valence-electron chi connectivity index (χ3n) is 3.52. The number of carbonyl (C=O) groups excluding carboxylic acids is 1. The summed E-state index contributed by atoms with van der Waals surface area (Å²) in [6, 6.07) is 3.62. The molecule has 24 heavy (non-hydrogen) atoms. The van der Waals surface area contributed by atoms with Gasteiger partial charge in [-0.25, -0.2) is 9.18 Å². The highest BCUT2D eigenvalue weighted by Gasteiger charge is 2.21. The third kappa shape index (κ3) is 3.06. The minimum absolute atomic E-state index is 0.0243. The number of rotatable bonds is 4. The highest BCUT2D eigenvalue weighted by atomic mass is 19.1. The summed E-state index contributed by atoms with van der Waals surface area (Å²) in [5, 5.41) is 10.7. The van der Waals surface area contributed by atoms with Gasteiger partial charge in [0.25, 0.3) is 5.69 Å². The Kier molecular flexibility index (Phi) is 4.17. The van der Waals surface area contributed by atoms with Crippen molar-refractivity contribution in [1.29, 1.82) is 0 Å². The number of aromatic nitrogens is 1. The SMILES string of the molecule is Cn1cc([N+](=O)[O-])cc1C(=O)OCc1cc(F)cc2c1OCOC2. The Labute approximate surface area is 135 Å². The van der Waals surface area contributed by atoms with Crippen LogP contribution in [-0.2, 0) is 29.7 Å². The zero-order chi connectivity index (χ0) is 17.3. The molecule has 0 saturated heterocycles. The van der Waals surface area contributed by atoms with Crippen LogP contribution in [0.25, 0.3) is 0 Å². The molecule has 2 heterocycles. The van der Waals surface area contributed by atoms with E-state index in [4.69, 9.17) is 14.2 Å². The van der Waals surface area contributed by atoms with Gasteiger partial charge in [0.1, 0.15) is 23.9 Å². The van der Waals surface area contributed by atoms with E-state index in [1.807, 2.05) is 0 Å². The van der Waals surface area contributed by atoms with Gasteiger partial charge < -0.3 is 18.8 Å². The first kappa shape index (κ1) is 15.9. The van der Waals surface area contributed by atoms with E-state index in [1.165, 1.54) is 29.9 Å². The van der Waals surface area contributed by atoms with Gasteiger partial charge in [-0.3, -0.25) is 10.1 Å². The lowest BCUT2D eigenvalue weighted by Crippen LogP contribution is -2.15. The van der Waals surface area contributed by atoms with Gasteiger partial charge in [-0.2, -0.15) is 0 Å². The minimum atomic E-state index is -0.754. The molecule has 0 amide bonds. The summed E-state index contributed by atoms with van der Waals surface area (Å²) in [4.78, 5) is 22.2. The largest absolute Gasteiger partial charge is 0.467 e. The molecular formula is C15H13FN2O6. The highest BCUT2D eigenvalue weighted by Crippen LogP contribution is 2.30. The van der Waals surface area contributed by atoms with Crippen LogP contribution in [0.5, 0.6) is 5.75 Å². The van der Waals surface area contributed by atoms with Crippen molar-refractivity contribution in [2.75, 3.05) is 6.79 Å². The van der Waals surface area contributed by atoms with Crippen LogP contribution in [-0.4, -0.2) is 22.3 Å². The monoisotopic (exact) mass is 336 g/mol. The highest BCUT2D eigenvalue weighted by molar-refractivity contribution is 5.88. The number of benzene rings is 1. The van der Waals surface area contributed by atoms with Crippen molar-refractivity contribution in [1.82, 2.24) is 4.57 Å². The lowest BCUT2D eigenvalue weighted by atomic mass is 10.1. The Balaban J connectivity index is 1.77. The van der Waals surface area contributed by atoms with Gasteiger partial charge in [-0.1, -0.05) is 0 Å². The second-order valence-electron chi connectivity index (χ2n) is 5.19. The molecule has 0 aliphatic carbocycles. The quantitative estimate of drug-likeness (QED) is 0.483. The number of nitrogens with zero attached hydrogens (tertiary/aromatic N) is 2. The fourth-order valence-electron chi connectivity index (χ4n) is 2.43. The van der Waals surface area contributed by atoms with Gasteiger partial charge in [0.2, 0.25) is 0 Å². The normalized spacial score (nSPS) is 13.1. The Bertz CT molecular complexity index is 817. The average molecular weight is 336 g/mol. The smallest absolute Gasteiger partial charge is 0.355 e. The summed E-state index contributed by atoms with van der Waals surface area (Å²) in [6.45, 7) is 0.0134. The number of carbonyl (C=O) groups is 1. The average Bonchev–Trinajstić information content (AvgIpc) is 2.94. The number of ether oxygens (including phenoxy) is 3. The molecule has 0 saturated carbocycles. The van der Waals surface area contributed by atoms with Crippen molar-refractivity contribution < 1.29 is 28.3 Å². The molecular weight excluding hydrogens is 323 g/mol. The Morgan fingerprint density at radius 1 is 1.46 bits per heavy atom. The maximum Gasteiger partial charge on any atom is 0.355 e.